The van der Waals surface area contributed by atoms with Crippen molar-refractivity contribution in [2.45, 2.75) is 38.3 Å². The molecule has 9 heteroatoms. The lowest BCUT2D eigenvalue weighted by Gasteiger charge is -2.32. The number of likely N-dealkylation sites (N-methyl/N-ethyl adjacent to an activating group) is 1. The molecule has 3 aromatic rings. The molecule has 0 aromatic heterocycles. The van der Waals surface area contributed by atoms with Gasteiger partial charge in [-0.15, -0.1) is 0 Å². The van der Waals surface area contributed by atoms with Gasteiger partial charge in [0.2, 0.25) is 11.8 Å². The molecule has 190 valence electrons. The van der Waals surface area contributed by atoms with E-state index in [0.717, 1.165) is 19.9 Å². The Kier molecular flexibility index (Phi) is 9.28. The van der Waals surface area contributed by atoms with E-state index in [1.165, 1.54) is 17.0 Å². The Hall–Kier alpha value is -3.17. The lowest BCUT2D eigenvalue weighted by atomic mass is 10.1. The summed E-state index contributed by atoms with van der Waals surface area (Å²) in [5.74, 6) is -0.797. The van der Waals surface area contributed by atoms with Crippen LogP contribution in [0.3, 0.4) is 0 Å². The van der Waals surface area contributed by atoms with E-state index in [-0.39, 0.29) is 17.3 Å². The Morgan fingerprint density at radius 2 is 1.56 bits per heavy atom. The summed E-state index contributed by atoms with van der Waals surface area (Å²) in [6, 6.07) is 21.7. The van der Waals surface area contributed by atoms with Crippen LogP contribution in [-0.4, -0.2) is 44.3 Å². The van der Waals surface area contributed by atoms with Gasteiger partial charge < -0.3 is 10.2 Å². The van der Waals surface area contributed by atoms with Crippen LogP contribution in [0.25, 0.3) is 0 Å². The third kappa shape index (κ3) is 6.73. The predicted octanol–water partition coefficient (Wildman–Crippen LogP) is 4.51. The van der Waals surface area contributed by atoms with Crippen molar-refractivity contribution < 1.29 is 18.0 Å². The van der Waals surface area contributed by atoms with Gasteiger partial charge in [-0.05, 0) is 62.7 Å². The molecule has 2 amide bonds. The fraction of sp³-hybridized carbons (Fsp3) is 0.259. The zero-order chi connectivity index (χ0) is 26.3. The lowest BCUT2D eigenvalue weighted by Crippen LogP contribution is -2.51. The van der Waals surface area contributed by atoms with E-state index in [0.29, 0.717) is 12.2 Å². The first kappa shape index (κ1) is 27.4. The molecule has 0 aliphatic heterocycles. The number of amides is 2. The molecule has 7 nitrogen and oxygen atoms in total. The second kappa shape index (κ2) is 12.2. The van der Waals surface area contributed by atoms with E-state index in [9.17, 15) is 18.0 Å². The van der Waals surface area contributed by atoms with Crippen molar-refractivity contribution in [3.8, 4) is 0 Å². The number of sulfonamides is 1. The van der Waals surface area contributed by atoms with Crippen LogP contribution in [0.1, 0.15) is 25.0 Å². The Morgan fingerprint density at radius 1 is 0.944 bits per heavy atom. The number of hydrogen-bond donors (Lipinski definition) is 1. The molecule has 1 N–H and O–H groups in total. The maximum atomic E-state index is 13.7. The van der Waals surface area contributed by atoms with Crippen molar-refractivity contribution in [2.75, 3.05) is 17.4 Å². The fourth-order valence-electron chi connectivity index (χ4n) is 3.66. The van der Waals surface area contributed by atoms with Gasteiger partial charge in [0.25, 0.3) is 10.0 Å². The summed E-state index contributed by atoms with van der Waals surface area (Å²) in [6.07, 6.45) is 0. The Balaban J connectivity index is 2.01. The number of nitrogens with zero attached hydrogens (tertiary/aromatic N) is 2. The third-order valence-electron chi connectivity index (χ3n) is 5.72. The zero-order valence-electron chi connectivity index (χ0n) is 20.5. The quantitative estimate of drug-likeness (QED) is 0.388. The van der Waals surface area contributed by atoms with Gasteiger partial charge in [-0.1, -0.05) is 64.0 Å². The lowest BCUT2D eigenvalue weighted by molar-refractivity contribution is -0.139. The number of benzene rings is 3. The van der Waals surface area contributed by atoms with Crippen molar-refractivity contribution in [1.82, 2.24) is 10.2 Å². The Labute approximate surface area is 221 Å². The van der Waals surface area contributed by atoms with Crippen LogP contribution in [0.5, 0.6) is 0 Å². The molecule has 0 fully saturated rings. The summed E-state index contributed by atoms with van der Waals surface area (Å²) in [6.45, 7) is 5.44. The van der Waals surface area contributed by atoms with Crippen molar-refractivity contribution in [3.05, 3.63) is 94.5 Å². The van der Waals surface area contributed by atoms with Gasteiger partial charge in [-0.25, -0.2) is 8.42 Å². The minimum Gasteiger partial charge on any atom is -0.355 e. The number of carbonyl (C=O) groups is 2. The summed E-state index contributed by atoms with van der Waals surface area (Å²) in [5.41, 5.74) is 2.10. The summed E-state index contributed by atoms with van der Waals surface area (Å²) >= 11 is 3.37. The molecule has 0 heterocycles. The van der Waals surface area contributed by atoms with Crippen LogP contribution in [0.4, 0.5) is 5.69 Å². The molecule has 0 aliphatic rings. The van der Waals surface area contributed by atoms with E-state index >= 15 is 0 Å². The number of carbonyl (C=O) groups excluding carboxylic acids is 2. The van der Waals surface area contributed by atoms with Gasteiger partial charge in [-0.2, -0.15) is 0 Å². The van der Waals surface area contributed by atoms with Gasteiger partial charge in [0.1, 0.15) is 12.6 Å². The summed E-state index contributed by atoms with van der Waals surface area (Å²) < 4.78 is 29.3. The maximum Gasteiger partial charge on any atom is 0.264 e. The Bertz CT molecular complexity index is 1280. The third-order valence-corrected chi connectivity index (χ3v) is 8.03. The highest BCUT2D eigenvalue weighted by Crippen LogP contribution is 2.26. The van der Waals surface area contributed by atoms with Crippen LogP contribution >= 0.6 is 15.9 Å². The minimum atomic E-state index is -4.07. The van der Waals surface area contributed by atoms with Gasteiger partial charge in [-0.3, -0.25) is 13.9 Å². The number of halogens is 1. The topological polar surface area (TPSA) is 86.8 Å². The first-order valence-corrected chi connectivity index (χ1v) is 13.8. The van der Waals surface area contributed by atoms with Gasteiger partial charge in [0.15, 0.2) is 0 Å². The second-order valence-electron chi connectivity index (χ2n) is 8.38. The second-order valence-corrected chi connectivity index (χ2v) is 11.2. The molecule has 0 unspecified atom stereocenters. The molecule has 0 spiro atoms. The molecule has 36 heavy (non-hydrogen) atoms. The molecule has 1 atom stereocenters. The molecule has 0 bridgehead atoms. The molecule has 3 rings (SSSR count). The summed E-state index contributed by atoms with van der Waals surface area (Å²) in [4.78, 5) is 27.9. The number of anilines is 1. The monoisotopic (exact) mass is 571 g/mol. The van der Waals surface area contributed by atoms with Crippen LogP contribution < -0.4 is 9.62 Å². The largest absolute Gasteiger partial charge is 0.355 e. The number of rotatable bonds is 10. The molecular weight excluding hydrogens is 542 g/mol. The first-order valence-electron chi connectivity index (χ1n) is 11.6. The van der Waals surface area contributed by atoms with Crippen molar-refractivity contribution >= 4 is 43.5 Å². The van der Waals surface area contributed by atoms with Crippen LogP contribution in [-0.2, 0) is 26.2 Å². The average Bonchev–Trinajstić information content (AvgIpc) is 2.87. The van der Waals surface area contributed by atoms with Crippen LogP contribution in [0.15, 0.2) is 88.2 Å². The van der Waals surface area contributed by atoms with Gasteiger partial charge in [0.05, 0.1) is 10.6 Å². The highest BCUT2D eigenvalue weighted by atomic mass is 79.9. The number of nitrogens with one attached hydrogen (secondary N) is 1. The Morgan fingerprint density at radius 3 is 2.14 bits per heavy atom. The molecular formula is C27H30BrN3O4S. The van der Waals surface area contributed by atoms with E-state index in [1.807, 2.05) is 37.3 Å². The standard InChI is InChI=1S/C27H30BrN3O4S/c1-4-29-27(33)21(3)30(18-22-8-6-5-7-9-22)26(32)19-31(24-14-12-23(28)13-15-24)36(34,35)25-16-10-20(2)11-17-25/h5-17,21H,4,18-19H2,1-3H3,(H,29,33)/t21-/m1/s1. The molecule has 0 aliphatic carbocycles. The van der Waals surface area contributed by atoms with E-state index in [1.54, 1.807) is 50.2 Å². The van der Waals surface area contributed by atoms with E-state index in [4.69, 9.17) is 0 Å². The van der Waals surface area contributed by atoms with Gasteiger partial charge in [0, 0.05) is 17.6 Å². The van der Waals surface area contributed by atoms with Crippen molar-refractivity contribution in [2.24, 2.45) is 0 Å². The number of hydrogen-bond acceptors (Lipinski definition) is 4. The molecule has 0 saturated carbocycles. The minimum absolute atomic E-state index is 0.0789. The number of aryl methyl sites for hydroxylation is 1. The maximum absolute atomic E-state index is 13.7. The first-order chi connectivity index (χ1) is 17.1. The van der Waals surface area contributed by atoms with Crippen molar-refractivity contribution in [3.63, 3.8) is 0 Å². The van der Waals surface area contributed by atoms with E-state index < -0.39 is 28.5 Å². The highest BCUT2D eigenvalue weighted by Gasteiger charge is 2.32. The summed E-state index contributed by atoms with van der Waals surface area (Å²) in [7, 11) is -4.07. The molecule has 0 saturated heterocycles. The molecule has 0 radical (unpaired) electrons. The predicted molar refractivity (Wildman–Crippen MR) is 145 cm³/mol. The zero-order valence-corrected chi connectivity index (χ0v) is 22.9. The normalized spacial score (nSPS) is 12.0. The average molecular weight is 573 g/mol. The molecule has 3 aromatic carbocycles. The fourth-order valence-corrected chi connectivity index (χ4v) is 5.34. The SMILES string of the molecule is CCNC(=O)[C@@H](C)N(Cc1ccccc1)C(=O)CN(c1ccc(Br)cc1)S(=O)(=O)c1ccc(C)cc1. The van der Waals surface area contributed by atoms with Gasteiger partial charge >= 0.3 is 0 Å². The van der Waals surface area contributed by atoms with Crippen LogP contribution in [0.2, 0.25) is 0 Å². The van der Waals surface area contributed by atoms with Crippen LogP contribution in [0, 0.1) is 6.92 Å². The summed E-state index contributed by atoms with van der Waals surface area (Å²) in [5, 5.41) is 2.75. The van der Waals surface area contributed by atoms with E-state index in [2.05, 4.69) is 21.2 Å². The smallest absolute Gasteiger partial charge is 0.264 e. The van der Waals surface area contributed by atoms with Crippen molar-refractivity contribution in [1.29, 1.82) is 0 Å². The highest BCUT2D eigenvalue weighted by molar-refractivity contribution is 9.10.